The number of nitrogens with one attached hydrogen (secondary N) is 1. The Bertz CT molecular complexity index is 736. The molecule has 0 saturated carbocycles. The molecule has 0 amide bonds. The predicted molar refractivity (Wildman–Crippen MR) is 84.2 cm³/mol. The second-order valence-corrected chi connectivity index (χ2v) is 5.32. The van der Waals surface area contributed by atoms with Gasteiger partial charge in [0.05, 0.1) is 5.39 Å². The number of pyridine rings is 1. The van der Waals surface area contributed by atoms with E-state index in [0.717, 1.165) is 34.7 Å². The van der Waals surface area contributed by atoms with Crippen LogP contribution < -0.4 is 5.32 Å². The Morgan fingerprint density at radius 2 is 2.10 bits per heavy atom. The predicted octanol–water partition coefficient (Wildman–Crippen LogP) is 3.75. The van der Waals surface area contributed by atoms with E-state index < -0.39 is 0 Å². The van der Waals surface area contributed by atoms with E-state index in [0.29, 0.717) is 5.82 Å². The number of nitrogens with zero attached hydrogens (tertiary/aromatic N) is 3. The number of rotatable bonds is 4. The van der Waals surface area contributed by atoms with E-state index in [9.17, 15) is 0 Å². The number of aryl methyl sites for hydroxylation is 1. The van der Waals surface area contributed by atoms with Gasteiger partial charge in [-0.05, 0) is 36.4 Å². The summed E-state index contributed by atoms with van der Waals surface area (Å²) in [6, 6.07) is 6.09. The van der Waals surface area contributed by atoms with E-state index in [1.807, 2.05) is 11.4 Å². The highest BCUT2D eigenvalue weighted by Gasteiger charge is 2.13. The minimum absolute atomic E-state index is 0.702. The van der Waals surface area contributed by atoms with E-state index in [2.05, 4.69) is 46.2 Å². The molecule has 0 fully saturated rings. The Balaban J connectivity index is 2.20. The van der Waals surface area contributed by atoms with Crippen LogP contribution in [0.15, 0.2) is 29.8 Å². The molecule has 3 heterocycles. The first-order valence-electron chi connectivity index (χ1n) is 6.76. The maximum Gasteiger partial charge on any atom is 0.181 e. The summed E-state index contributed by atoms with van der Waals surface area (Å²) in [5.74, 6) is 1.59. The maximum absolute atomic E-state index is 4.66. The first-order chi connectivity index (χ1) is 9.83. The van der Waals surface area contributed by atoms with Crippen LogP contribution in [-0.4, -0.2) is 21.5 Å². The van der Waals surface area contributed by atoms with Crippen molar-refractivity contribution in [2.24, 2.45) is 0 Å². The van der Waals surface area contributed by atoms with E-state index in [1.165, 1.54) is 5.56 Å². The van der Waals surface area contributed by atoms with Gasteiger partial charge in [0, 0.05) is 12.7 Å². The first kappa shape index (κ1) is 13.0. The van der Waals surface area contributed by atoms with Crippen LogP contribution in [0.2, 0.25) is 0 Å². The van der Waals surface area contributed by atoms with E-state index >= 15 is 0 Å². The van der Waals surface area contributed by atoms with Crippen LogP contribution in [0, 0.1) is 0 Å². The summed E-state index contributed by atoms with van der Waals surface area (Å²) in [7, 11) is 0. The third kappa shape index (κ3) is 2.25. The van der Waals surface area contributed by atoms with Crippen LogP contribution in [-0.2, 0) is 6.42 Å². The van der Waals surface area contributed by atoms with Gasteiger partial charge in [0.15, 0.2) is 5.82 Å². The van der Waals surface area contributed by atoms with Gasteiger partial charge in [0.25, 0.3) is 0 Å². The second kappa shape index (κ2) is 5.54. The molecule has 3 rings (SSSR count). The van der Waals surface area contributed by atoms with Crippen LogP contribution in [0.4, 0.5) is 5.82 Å². The fraction of sp³-hybridized carbons (Fsp3) is 0.267. The SMILES string of the molecule is CCNc1nc(-c2ncccc2CC)nc2sccc12. The molecular formula is C15H16N4S. The lowest BCUT2D eigenvalue weighted by Crippen LogP contribution is -2.03. The number of aromatic nitrogens is 3. The molecule has 5 heteroatoms. The molecule has 0 spiro atoms. The highest BCUT2D eigenvalue weighted by atomic mass is 32.1. The Morgan fingerprint density at radius 1 is 1.20 bits per heavy atom. The minimum Gasteiger partial charge on any atom is -0.370 e. The van der Waals surface area contributed by atoms with Crippen molar-refractivity contribution >= 4 is 27.4 Å². The average molecular weight is 284 g/mol. The highest BCUT2D eigenvalue weighted by molar-refractivity contribution is 7.16. The Labute approximate surface area is 121 Å². The molecule has 0 saturated heterocycles. The Hall–Kier alpha value is -2.01. The molecule has 102 valence electrons. The lowest BCUT2D eigenvalue weighted by atomic mass is 10.1. The molecule has 0 radical (unpaired) electrons. The number of fused-ring (bicyclic) bond motifs is 1. The largest absolute Gasteiger partial charge is 0.370 e. The smallest absolute Gasteiger partial charge is 0.181 e. The molecule has 20 heavy (non-hydrogen) atoms. The standard InChI is InChI=1S/C15H16N4S/c1-3-10-6-5-8-17-12(10)14-18-13(16-4-2)11-7-9-20-15(11)19-14/h5-9H,3-4H2,1-2H3,(H,16,18,19). The Morgan fingerprint density at radius 3 is 2.90 bits per heavy atom. The molecule has 0 aliphatic heterocycles. The molecule has 1 N–H and O–H groups in total. The monoisotopic (exact) mass is 284 g/mol. The minimum atomic E-state index is 0.702. The van der Waals surface area contributed by atoms with Crippen molar-refractivity contribution in [3.05, 3.63) is 35.3 Å². The summed E-state index contributed by atoms with van der Waals surface area (Å²) in [5, 5.41) is 6.44. The molecule has 0 atom stereocenters. The zero-order valence-electron chi connectivity index (χ0n) is 11.6. The van der Waals surface area contributed by atoms with Crippen molar-refractivity contribution in [1.82, 2.24) is 15.0 Å². The van der Waals surface area contributed by atoms with Crippen molar-refractivity contribution in [1.29, 1.82) is 0 Å². The van der Waals surface area contributed by atoms with Gasteiger partial charge in [-0.2, -0.15) is 0 Å². The molecule has 3 aromatic heterocycles. The number of anilines is 1. The molecule has 3 aromatic rings. The number of hydrogen-bond acceptors (Lipinski definition) is 5. The molecule has 4 nitrogen and oxygen atoms in total. The zero-order chi connectivity index (χ0) is 13.9. The van der Waals surface area contributed by atoms with Gasteiger partial charge in [-0.1, -0.05) is 13.0 Å². The fourth-order valence-electron chi connectivity index (χ4n) is 2.19. The van der Waals surface area contributed by atoms with Gasteiger partial charge >= 0.3 is 0 Å². The molecule has 0 bridgehead atoms. The van der Waals surface area contributed by atoms with Gasteiger partial charge < -0.3 is 5.32 Å². The second-order valence-electron chi connectivity index (χ2n) is 4.43. The normalized spacial score (nSPS) is 10.9. The number of hydrogen-bond donors (Lipinski definition) is 1. The third-order valence-corrected chi connectivity index (χ3v) is 3.96. The van der Waals surface area contributed by atoms with Crippen molar-refractivity contribution in [3.63, 3.8) is 0 Å². The molecular weight excluding hydrogens is 268 g/mol. The zero-order valence-corrected chi connectivity index (χ0v) is 12.4. The van der Waals surface area contributed by atoms with E-state index in [1.54, 1.807) is 17.5 Å². The summed E-state index contributed by atoms with van der Waals surface area (Å²) in [4.78, 5) is 14.8. The van der Waals surface area contributed by atoms with Crippen LogP contribution in [0.5, 0.6) is 0 Å². The lowest BCUT2D eigenvalue weighted by molar-refractivity contribution is 1.07. The van der Waals surface area contributed by atoms with Gasteiger partial charge in [0.1, 0.15) is 16.3 Å². The maximum atomic E-state index is 4.66. The van der Waals surface area contributed by atoms with Gasteiger partial charge in [0.2, 0.25) is 0 Å². The van der Waals surface area contributed by atoms with Gasteiger partial charge in [-0.15, -0.1) is 11.3 Å². The topological polar surface area (TPSA) is 50.7 Å². The van der Waals surface area contributed by atoms with Crippen LogP contribution in [0.1, 0.15) is 19.4 Å². The van der Waals surface area contributed by atoms with Gasteiger partial charge in [-0.25, -0.2) is 9.97 Å². The summed E-state index contributed by atoms with van der Waals surface area (Å²) in [5.41, 5.74) is 2.05. The van der Waals surface area contributed by atoms with Crippen molar-refractivity contribution in [2.75, 3.05) is 11.9 Å². The Kier molecular flexibility index (Phi) is 3.60. The summed E-state index contributed by atoms with van der Waals surface area (Å²) >= 11 is 1.63. The quantitative estimate of drug-likeness (QED) is 0.792. The molecule has 0 aromatic carbocycles. The van der Waals surface area contributed by atoms with Crippen LogP contribution in [0.3, 0.4) is 0 Å². The number of thiophene rings is 1. The van der Waals surface area contributed by atoms with Gasteiger partial charge in [-0.3, -0.25) is 4.98 Å². The molecule has 0 aliphatic rings. The van der Waals surface area contributed by atoms with E-state index in [4.69, 9.17) is 0 Å². The highest BCUT2D eigenvalue weighted by Crippen LogP contribution is 2.28. The average Bonchev–Trinajstić information content (AvgIpc) is 2.96. The van der Waals surface area contributed by atoms with E-state index in [-0.39, 0.29) is 0 Å². The summed E-state index contributed by atoms with van der Waals surface area (Å²) in [6.07, 6.45) is 2.72. The van der Waals surface area contributed by atoms with Crippen LogP contribution in [0.25, 0.3) is 21.7 Å². The summed E-state index contributed by atoms with van der Waals surface area (Å²) in [6.45, 7) is 5.03. The van der Waals surface area contributed by atoms with Crippen LogP contribution >= 0.6 is 11.3 Å². The molecule has 0 unspecified atom stereocenters. The van der Waals surface area contributed by atoms with Crippen molar-refractivity contribution < 1.29 is 0 Å². The summed E-state index contributed by atoms with van der Waals surface area (Å²) < 4.78 is 0. The molecule has 0 aliphatic carbocycles. The first-order valence-corrected chi connectivity index (χ1v) is 7.64. The van der Waals surface area contributed by atoms with Crippen molar-refractivity contribution in [2.45, 2.75) is 20.3 Å². The lowest BCUT2D eigenvalue weighted by Gasteiger charge is -2.09. The fourth-order valence-corrected chi connectivity index (χ4v) is 2.95. The van der Waals surface area contributed by atoms with Crippen molar-refractivity contribution in [3.8, 4) is 11.5 Å². The third-order valence-electron chi connectivity index (χ3n) is 3.15.